The van der Waals surface area contributed by atoms with E-state index in [4.69, 9.17) is 0 Å². The summed E-state index contributed by atoms with van der Waals surface area (Å²) < 4.78 is 27.3. The Hall–Kier alpha value is -0.740. The molecule has 0 spiro atoms. The first-order valence-electron chi connectivity index (χ1n) is 5.33. The van der Waals surface area contributed by atoms with Gasteiger partial charge in [0.15, 0.2) is 0 Å². The maximum atomic E-state index is 12.1. The van der Waals surface area contributed by atoms with Crippen molar-refractivity contribution in [2.45, 2.75) is 16.7 Å². The van der Waals surface area contributed by atoms with E-state index in [2.05, 4.69) is 20.7 Å². The third kappa shape index (κ3) is 3.42. The van der Waals surface area contributed by atoms with E-state index < -0.39 is 22.0 Å². The molecule has 0 unspecified atom stereocenters. The predicted molar refractivity (Wildman–Crippen MR) is 73.4 cm³/mol. The molecular weight excluding hydrogens is 356 g/mol. The highest BCUT2D eigenvalue weighted by Gasteiger charge is 2.29. The molecule has 1 aromatic rings. The molecule has 0 aromatic carbocycles. The lowest BCUT2D eigenvalue weighted by Gasteiger charge is -2.18. The van der Waals surface area contributed by atoms with Crippen LogP contribution in [0.5, 0.6) is 0 Å². The molecule has 0 saturated heterocycles. The van der Waals surface area contributed by atoms with Crippen LogP contribution in [0.4, 0.5) is 0 Å². The second-order valence-corrected chi connectivity index (χ2v) is 8.26. The van der Waals surface area contributed by atoms with Gasteiger partial charge in [-0.2, -0.15) is 4.72 Å². The highest BCUT2D eigenvalue weighted by molar-refractivity contribution is 9.11. The van der Waals surface area contributed by atoms with Crippen LogP contribution in [0, 0.1) is 0 Å². The lowest BCUT2D eigenvalue weighted by atomic mass is 10.2. The van der Waals surface area contributed by atoms with Crippen LogP contribution in [0.25, 0.3) is 0 Å². The van der Waals surface area contributed by atoms with Crippen molar-refractivity contribution in [2.75, 3.05) is 6.54 Å². The summed E-state index contributed by atoms with van der Waals surface area (Å²) in [5.41, 5.74) is 0. The molecule has 0 fully saturated rings. The molecule has 0 radical (unpaired) electrons. The molecule has 9 heteroatoms. The van der Waals surface area contributed by atoms with Gasteiger partial charge in [0.1, 0.15) is 10.3 Å². The van der Waals surface area contributed by atoms with Crippen molar-refractivity contribution >= 4 is 43.2 Å². The van der Waals surface area contributed by atoms with E-state index in [-0.39, 0.29) is 17.2 Å². The number of rotatable bonds is 3. The minimum absolute atomic E-state index is 0.0572. The lowest BCUT2D eigenvalue weighted by Crippen LogP contribution is -2.46. The number of nitrogens with one attached hydrogen (secondary N) is 1. The molecule has 1 amide bonds. The number of carbonyl (C=O) groups excluding carboxylic acids is 1. The van der Waals surface area contributed by atoms with E-state index in [1.165, 1.54) is 6.07 Å². The largest absolute Gasteiger partial charge is 0.286 e. The molecule has 1 aliphatic rings. The Bertz CT molecular complexity index is 611. The average molecular weight is 367 g/mol. The fourth-order valence-electron chi connectivity index (χ4n) is 1.56. The number of halogens is 1. The summed E-state index contributed by atoms with van der Waals surface area (Å²) >= 11 is 4.23. The topological polar surface area (TPSA) is 86.7 Å². The SMILES string of the molecule is O=C1[C@H](NS(=O)(=O)c2ccc(Br)s2)CC=CCN1O. The van der Waals surface area contributed by atoms with Crippen molar-refractivity contribution in [3.05, 3.63) is 28.1 Å². The number of hydrogen-bond donors (Lipinski definition) is 2. The van der Waals surface area contributed by atoms with E-state index in [0.717, 1.165) is 11.3 Å². The summed E-state index contributed by atoms with van der Waals surface area (Å²) in [6.07, 6.45) is 3.47. The summed E-state index contributed by atoms with van der Waals surface area (Å²) in [5, 5.41) is 9.89. The maximum absolute atomic E-state index is 12.1. The number of amides is 1. The van der Waals surface area contributed by atoms with Crippen LogP contribution in [0.2, 0.25) is 0 Å². The van der Waals surface area contributed by atoms with Gasteiger partial charge >= 0.3 is 0 Å². The molecule has 2 N–H and O–H groups in total. The minimum atomic E-state index is -3.77. The number of sulfonamides is 1. The first kappa shape index (κ1) is 14.7. The van der Waals surface area contributed by atoms with Crippen molar-refractivity contribution in [1.82, 2.24) is 9.79 Å². The molecule has 19 heavy (non-hydrogen) atoms. The third-order valence-corrected chi connectivity index (χ3v) is 6.07. The van der Waals surface area contributed by atoms with Crippen molar-refractivity contribution in [2.24, 2.45) is 0 Å². The second kappa shape index (κ2) is 5.71. The molecule has 1 atom stereocenters. The van der Waals surface area contributed by atoms with E-state index in [1.54, 1.807) is 18.2 Å². The quantitative estimate of drug-likeness (QED) is 0.624. The van der Waals surface area contributed by atoms with E-state index in [9.17, 15) is 18.4 Å². The van der Waals surface area contributed by atoms with Crippen LogP contribution in [-0.4, -0.2) is 37.2 Å². The van der Waals surface area contributed by atoms with Gasteiger partial charge in [-0.25, -0.2) is 13.5 Å². The third-order valence-electron chi connectivity index (χ3n) is 2.48. The Balaban J connectivity index is 2.20. The monoisotopic (exact) mass is 366 g/mol. The van der Waals surface area contributed by atoms with Crippen LogP contribution >= 0.6 is 27.3 Å². The fourth-order valence-corrected chi connectivity index (χ4v) is 4.79. The smallest absolute Gasteiger partial charge is 0.264 e. The van der Waals surface area contributed by atoms with Crippen LogP contribution in [0.15, 0.2) is 32.3 Å². The molecule has 1 aromatic heterocycles. The average Bonchev–Trinajstić information content (AvgIpc) is 2.73. The lowest BCUT2D eigenvalue weighted by molar-refractivity contribution is -0.164. The van der Waals surface area contributed by atoms with Crippen molar-refractivity contribution in [3.63, 3.8) is 0 Å². The summed E-state index contributed by atoms with van der Waals surface area (Å²) in [6, 6.07) is 2.08. The van der Waals surface area contributed by atoms with Gasteiger partial charge < -0.3 is 0 Å². The molecule has 6 nitrogen and oxygen atoms in total. The molecule has 0 bridgehead atoms. The normalized spacial score (nSPS) is 20.6. The zero-order valence-electron chi connectivity index (χ0n) is 9.61. The molecule has 1 aliphatic heterocycles. The zero-order valence-corrected chi connectivity index (χ0v) is 12.8. The van der Waals surface area contributed by atoms with Gasteiger partial charge in [0.25, 0.3) is 15.9 Å². The molecular formula is C10H11BrN2O4S2. The number of carbonyl (C=O) groups is 1. The van der Waals surface area contributed by atoms with Gasteiger partial charge in [0.2, 0.25) is 0 Å². The summed E-state index contributed by atoms with van der Waals surface area (Å²) in [5.74, 6) is -0.663. The van der Waals surface area contributed by atoms with Crippen molar-refractivity contribution in [1.29, 1.82) is 0 Å². The Kier molecular flexibility index (Phi) is 4.41. The zero-order chi connectivity index (χ0) is 14.0. The van der Waals surface area contributed by atoms with Crippen LogP contribution in [-0.2, 0) is 14.8 Å². The number of hydroxylamine groups is 2. The highest BCUT2D eigenvalue weighted by atomic mass is 79.9. The highest BCUT2D eigenvalue weighted by Crippen LogP contribution is 2.26. The summed E-state index contributed by atoms with van der Waals surface area (Å²) in [7, 11) is -3.77. The van der Waals surface area contributed by atoms with E-state index in [0.29, 0.717) is 8.85 Å². The van der Waals surface area contributed by atoms with Gasteiger partial charge in [-0.05, 0) is 34.5 Å². The van der Waals surface area contributed by atoms with Gasteiger partial charge in [-0.15, -0.1) is 11.3 Å². The molecule has 0 saturated carbocycles. The Morgan fingerprint density at radius 2 is 2.16 bits per heavy atom. The molecule has 0 aliphatic carbocycles. The number of hydrogen-bond acceptors (Lipinski definition) is 5. The first-order valence-corrected chi connectivity index (χ1v) is 8.42. The number of nitrogens with zero attached hydrogens (tertiary/aromatic N) is 1. The summed E-state index contributed by atoms with van der Waals surface area (Å²) in [6.45, 7) is 0.0572. The van der Waals surface area contributed by atoms with E-state index in [1.807, 2.05) is 0 Å². The summed E-state index contributed by atoms with van der Waals surface area (Å²) in [4.78, 5) is 11.8. The predicted octanol–water partition coefficient (Wildman–Crippen LogP) is 1.34. The first-order chi connectivity index (χ1) is 8.90. The van der Waals surface area contributed by atoms with Crippen LogP contribution in [0.1, 0.15) is 6.42 Å². The molecule has 104 valence electrons. The van der Waals surface area contributed by atoms with Crippen molar-refractivity contribution < 1.29 is 18.4 Å². The maximum Gasteiger partial charge on any atom is 0.264 e. The Morgan fingerprint density at radius 1 is 1.42 bits per heavy atom. The van der Waals surface area contributed by atoms with E-state index >= 15 is 0 Å². The van der Waals surface area contributed by atoms with Crippen LogP contribution < -0.4 is 4.72 Å². The standard InChI is InChI=1S/C10H11BrN2O4S2/c11-8-4-5-9(18-8)19(16,17)12-7-3-1-2-6-13(15)10(7)14/h1-2,4-5,7,12,15H,3,6H2/t7-/m1/s1. The second-order valence-electron chi connectivity index (χ2n) is 3.86. The fraction of sp³-hybridized carbons (Fsp3) is 0.300. The minimum Gasteiger partial charge on any atom is -0.286 e. The Labute approximate surface area is 122 Å². The molecule has 2 heterocycles. The van der Waals surface area contributed by atoms with Gasteiger partial charge in [-0.3, -0.25) is 10.0 Å². The van der Waals surface area contributed by atoms with Gasteiger partial charge in [0.05, 0.1) is 10.3 Å². The number of thiophene rings is 1. The Morgan fingerprint density at radius 3 is 2.79 bits per heavy atom. The van der Waals surface area contributed by atoms with Crippen LogP contribution in [0.3, 0.4) is 0 Å². The van der Waals surface area contributed by atoms with Gasteiger partial charge in [-0.1, -0.05) is 12.2 Å². The van der Waals surface area contributed by atoms with Gasteiger partial charge in [0, 0.05) is 0 Å². The van der Waals surface area contributed by atoms with Crippen molar-refractivity contribution in [3.8, 4) is 0 Å². The molecule has 2 rings (SSSR count).